The zero-order chi connectivity index (χ0) is 21.1. The number of fused-ring (bicyclic) bond motifs is 4. The van der Waals surface area contributed by atoms with Gasteiger partial charge in [0.05, 0.1) is 6.54 Å². The molecule has 1 saturated heterocycles. The second-order valence-electron chi connectivity index (χ2n) is 8.60. The first-order valence-corrected chi connectivity index (χ1v) is 10.6. The number of likely N-dealkylation sites (tertiary alicyclic amines) is 1. The smallest absolute Gasteiger partial charge is 0.317 e. The monoisotopic (exact) mass is 407 g/mol. The molecule has 158 valence electrons. The molecule has 1 N–H and O–H groups in total. The summed E-state index contributed by atoms with van der Waals surface area (Å²) in [7, 11) is 2.03. The molecule has 0 amide bonds. The van der Waals surface area contributed by atoms with Crippen LogP contribution in [0.5, 0.6) is 0 Å². The SMILES string of the molecule is CN(C/C=C/c1ccccc1)Cc1ccc2n(c1=O)C[C@H]1C[C@@H]2CN(CC(=O)O)C1. The predicted molar refractivity (Wildman–Crippen MR) is 117 cm³/mol. The average Bonchev–Trinajstić information content (AvgIpc) is 2.71. The molecule has 2 atom stereocenters. The molecule has 2 aliphatic heterocycles. The van der Waals surface area contributed by atoms with Gasteiger partial charge in [0.25, 0.3) is 5.56 Å². The minimum absolute atomic E-state index is 0.0800. The number of piperidine rings is 1. The second-order valence-corrected chi connectivity index (χ2v) is 8.60. The van der Waals surface area contributed by atoms with E-state index in [-0.39, 0.29) is 18.0 Å². The van der Waals surface area contributed by atoms with E-state index in [1.54, 1.807) is 0 Å². The number of hydrogen-bond acceptors (Lipinski definition) is 4. The Labute approximate surface area is 177 Å². The van der Waals surface area contributed by atoms with Crippen molar-refractivity contribution in [1.82, 2.24) is 14.4 Å². The lowest BCUT2D eigenvalue weighted by molar-refractivity contribution is -0.139. The molecule has 1 aromatic carbocycles. The Morgan fingerprint density at radius 3 is 2.73 bits per heavy atom. The van der Waals surface area contributed by atoms with Crippen LogP contribution in [0.15, 0.2) is 53.3 Å². The van der Waals surface area contributed by atoms with Crippen LogP contribution in [0.3, 0.4) is 0 Å². The highest BCUT2D eigenvalue weighted by atomic mass is 16.4. The molecule has 30 heavy (non-hydrogen) atoms. The fraction of sp³-hybridized carbons (Fsp3) is 0.417. The molecule has 1 aromatic heterocycles. The Morgan fingerprint density at radius 1 is 1.17 bits per heavy atom. The molecule has 1 fully saturated rings. The van der Waals surface area contributed by atoms with E-state index < -0.39 is 5.97 Å². The number of hydrogen-bond donors (Lipinski definition) is 1. The van der Waals surface area contributed by atoms with Crippen LogP contribution in [0.25, 0.3) is 6.08 Å². The summed E-state index contributed by atoms with van der Waals surface area (Å²) in [4.78, 5) is 28.4. The largest absolute Gasteiger partial charge is 0.480 e. The summed E-state index contributed by atoms with van der Waals surface area (Å²) in [5.74, 6) is -0.202. The van der Waals surface area contributed by atoms with Crippen LogP contribution in [-0.4, -0.2) is 58.7 Å². The standard InChI is InChI=1S/C24H29N3O3/c1-25(11-5-8-18-6-3-2-4-7-18)15-20-9-10-22-21-12-19(14-27(22)24(20)30)13-26(16-21)17-23(28)29/h2-10,19,21H,11-17H2,1H3,(H,28,29)/b8-5+/t19-,21+/m0/s1. The lowest BCUT2D eigenvalue weighted by atomic mass is 9.83. The van der Waals surface area contributed by atoms with E-state index in [0.717, 1.165) is 30.8 Å². The van der Waals surface area contributed by atoms with Crippen molar-refractivity contribution in [3.8, 4) is 0 Å². The Morgan fingerprint density at radius 2 is 1.97 bits per heavy atom. The lowest BCUT2D eigenvalue weighted by Crippen LogP contribution is -2.48. The molecule has 0 spiro atoms. The summed E-state index contributed by atoms with van der Waals surface area (Å²) in [6, 6.07) is 14.2. The molecule has 6 nitrogen and oxygen atoms in total. The topological polar surface area (TPSA) is 65.8 Å². The number of pyridine rings is 1. The van der Waals surface area contributed by atoms with E-state index in [9.17, 15) is 9.59 Å². The first-order chi connectivity index (χ1) is 14.5. The van der Waals surface area contributed by atoms with Crippen molar-refractivity contribution in [2.75, 3.05) is 33.2 Å². The van der Waals surface area contributed by atoms with Crippen molar-refractivity contribution in [2.24, 2.45) is 5.92 Å². The fourth-order valence-corrected chi connectivity index (χ4v) is 4.82. The summed E-state index contributed by atoms with van der Waals surface area (Å²) in [6.07, 6.45) is 5.26. The first-order valence-electron chi connectivity index (χ1n) is 10.6. The maximum Gasteiger partial charge on any atom is 0.317 e. The third-order valence-corrected chi connectivity index (χ3v) is 6.08. The number of carboxylic acids is 1. The Kier molecular flexibility index (Phi) is 6.16. The van der Waals surface area contributed by atoms with Gasteiger partial charge in [-0.25, -0.2) is 0 Å². The van der Waals surface area contributed by atoms with Crippen LogP contribution < -0.4 is 5.56 Å². The zero-order valence-corrected chi connectivity index (χ0v) is 17.4. The number of carbonyl (C=O) groups is 1. The van der Waals surface area contributed by atoms with Crippen LogP contribution in [0.4, 0.5) is 0 Å². The third kappa shape index (κ3) is 4.71. The lowest BCUT2D eigenvalue weighted by Gasteiger charge is -2.42. The van der Waals surface area contributed by atoms with E-state index in [1.807, 2.05) is 40.8 Å². The van der Waals surface area contributed by atoms with Crippen molar-refractivity contribution >= 4 is 12.0 Å². The van der Waals surface area contributed by atoms with Crippen molar-refractivity contribution in [1.29, 1.82) is 0 Å². The molecular formula is C24H29N3O3. The van der Waals surface area contributed by atoms with Gasteiger partial charge < -0.3 is 9.67 Å². The molecule has 2 aromatic rings. The predicted octanol–water partition coefficient (Wildman–Crippen LogP) is 2.50. The normalized spacial score (nSPS) is 21.1. The average molecular weight is 408 g/mol. The van der Waals surface area contributed by atoms with Crippen molar-refractivity contribution < 1.29 is 9.90 Å². The van der Waals surface area contributed by atoms with E-state index >= 15 is 0 Å². The first kappa shape index (κ1) is 20.6. The third-order valence-electron chi connectivity index (χ3n) is 6.08. The van der Waals surface area contributed by atoms with E-state index in [4.69, 9.17) is 5.11 Å². The summed E-state index contributed by atoms with van der Waals surface area (Å²) in [5.41, 5.74) is 3.15. The van der Waals surface area contributed by atoms with Gasteiger partial charge in [0.15, 0.2) is 0 Å². The van der Waals surface area contributed by atoms with Gasteiger partial charge in [-0.1, -0.05) is 48.6 Å². The molecule has 0 radical (unpaired) electrons. The Hall–Kier alpha value is -2.70. The summed E-state index contributed by atoms with van der Waals surface area (Å²) < 4.78 is 1.94. The highest BCUT2D eigenvalue weighted by Gasteiger charge is 2.35. The highest BCUT2D eigenvalue weighted by Crippen LogP contribution is 2.35. The molecule has 0 unspecified atom stereocenters. The van der Waals surface area contributed by atoms with Crippen LogP contribution in [0.1, 0.15) is 29.2 Å². The van der Waals surface area contributed by atoms with Gasteiger partial charge >= 0.3 is 5.97 Å². The molecule has 6 heteroatoms. The van der Waals surface area contributed by atoms with E-state index in [2.05, 4.69) is 35.3 Å². The number of carboxylic acid groups (broad SMARTS) is 1. The summed E-state index contributed by atoms with van der Waals surface area (Å²) in [6.45, 7) is 3.61. The number of likely N-dealkylation sites (N-methyl/N-ethyl adjacent to an activating group) is 1. The summed E-state index contributed by atoms with van der Waals surface area (Å²) in [5, 5.41) is 9.11. The maximum absolute atomic E-state index is 13.1. The molecular weight excluding hydrogens is 378 g/mol. The summed E-state index contributed by atoms with van der Waals surface area (Å²) >= 11 is 0. The van der Waals surface area contributed by atoms with Gasteiger partial charge in [0.1, 0.15) is 0 Å². The van der Waals surface area contributed by atoms with Crippen molar-refractivity contribution in [3.63, 3.8) is 0 Å². The second kappa shape index (κ2) is 8.98. The molecule has 2 bridgehead atoms. The van der Waals surface area contributed by atoms with Crippen LogP contribution in [-0.2, 0) is 17.9 Å². The van der Waals surface area contributed by atoms with Gasteiger partial charge in [-0.05, 0) is 31.0 Å². The molecule has 4 rings (SSSR count). The van der Waals surface area contributed by atoms with Gasteiger partial charge in [-0.3, -0.25) is 19.4 Å². The van der Waals surface area contributed by atoms with Crippen LogP contribution in [0.2, 0.25) is 0 Å². The molecule has 2 aliphatic rings. The van der Waals surface area contributed by atoms with E-state index in [1.165, 1.54) is 5.56 Å². The van der Waals surface area contributed by atoms with Gasteiger partial charge in [0.2, 0.25) is 0 Å². The Bertz CT molecular complexity index is 983. The number of nitrogens with zero attached hydrogens (tertiary/aromatic N) is 3. The van der Waals surface area contributed by atoms with Gasteiger partial charge in [-0.2, -0.15) is 0 Å². The zero-order valence-electron chi connectivity index (χ0n) is 17.4. The number of aromatic nitrogens is 1. The number of benzene rings is 1. The minimum Gasteiger partial charge on any atom is -0.480 e. The van der Waals surface area contributed by atoms with Crippen LogP contribution in [0, 0.1) is 5.92 Å². The van der Waals surface area contributed by atoms with Gasteiger partial charge in [-0.15, -0.1) is 0 Å². The van der Waals surface area contributed by atoms with Crippen molar-refractivity contribution in [2.45, 2.75) is 25.4 Å². The number of aliphatic carboxylic acids is 1. The Balaban J connectivity index is 1.43. The number of rotatable bonds is 7. The fourth-order valence-electron chi connectivity index (χ4n) is 4.82. The highest BCUT2D eigenvalue weighted by molar-refractivity contribution is 5.69. The minimum atomic E-state index is -0.785. The molecule has 0 aliphatic carbocycles. The van der Waals surface area contributed by atoms with Gasteiger partial charge in [0, 0.05) is 49.9 Å². The van der Waals surface area contributed by atoms with Crippen LogP contribution >= 0.6 is 0 Å². The quantitative estimate of drug-likeness (QED) is 0.764. The molecule has 0 saturated carbocycles. The molecule has 3 heterocycles. The van der Waals surface area contributed by atoms with Crippen molar-refractivity contribution in [3.05, 3.63) is 75.7 Å². The van der Waals surface area contributed by atoms with E-state index in [0.29, 0.717) is 25.6 Å². The maximum atomic E-state index is 13.1.